The molecule has 0 aromatic heterocycles. The van der Waals surface area contributed by atoms with E-state index < -0.39 is 31.9 Å². The molecule has 0 bridgehead atoms. The van der Waals surface area contributed by atoms with Gasteiger partial charge in [0.15, 0.2) is 0 Å². The zero-order chi connectivity index (χ0) is 18.7. The van der Waals surface area contributed by atoms with E-state index in [-0.39, 0.29) is 22.5 Å². The number of aliphatic imine (C=N–C) groups is 1. The Hall–Kier alpha value is -3.89. The average molecular weight is 345 g/mol. The molecule has 0 N–H and O–H groups in total. The van der Waals surface area contributed by atoms with Crippen molar-refractivity contribution < 1.29 is 19.9 Å². The van der Waals surface area contributed by atoms with E-state index in [2.05, 4.69) is 4.99 Å². The third-order valence-corrected chi connectivity index (χ3v) is 3.31. The molecule has 0 atom stereocenters. The van der Waals surface area contributed by atoms with Crippen LogP contribution in [0.25, 0.3) is 0 Å². The van der Waals surface area contributed by atoms with Gasteiger partial charge in [0.2, 0.25) is 0 Å². The van der Waals surface area contributed by atoms with Gasteiger partial charge in [-0.1, -0.05) is 6.07 Å². The fourth-order valence-electron chi connectivity index (χ4n) is 2.05. The Morgan fingerprint density at radius 2 is 1.60 bits per heavy atom. The lowest BCUT2D eigenvalue weighted by Gasteiger charge is -2.10. The van der Waals surface area contributed by atoms with Gasteiger partial charge in [-0.2, -0.15) is 0 Å². The molecule has 2 rings (SSSR count). The van der Waals surface area contributed by atoms with Crippen molar-refractivity contribution in [2.24, 2.45) is 4.99 Å². The molecule has 0 heterocycles. The molecule has 11 heteroatoms. The van der Waals surface area contributed by atoms with Crippen LogP contribution in [0.1, 0.15) is 11.1 Å². The van der Waals surface area contributed by atoms with Gasteiger partial charge < -0.3 is 5.11 Å². The Morgan fingerprint density at radius 1 is 0.960 bits per heavy atom. The molecule has 0 radical (unpaired) electrons. The summed E-state index contributed by atoms with van der Waals surface area (Å²) >= 11 is 0. The SMILES string of the molecule is Cc1c(N=Cc2cc([N+](=O)[O-])cc([N+](=O)[O-])c2[O-])cccc1[N+](=O)[O-]. The van der Waals surface area contributed by atoms with Crippen LogP contribution in [0.3, 0.4) is 0 Å². The summed E-state index contributed by atoms with van der Waals surface area (Å²) in [7, 11) is 0. The van der Waals surface area contributed by atoms with E-state index in [1.54, 1.807) is 0 Å². The van der Waals surface area contributed by atoms with Crippen LogP contribution >= 0.6 is 0 Å². The number of nitrogens with zero attached hydrogens (tertiary/aromatic N) is 4. The minimum Gasteiger partial charge on any atom is -0.867 e. The van der Waals surface area contributed by atoms with Crippen LogP contribution in [0.5, 0.6) is 5.75 Å². The van der Waals surface area contributed by atoms with E-state index in [0.717, 1.165) is 12.3 Å². The molecule has 0 amide bonds. The number of nitro groups is 3. The van der Waals surface area contributed by atoms with E-state index in [1.807, 2.05) is 0 Å². The second kappa shape index (κ2) is 6.70. The fourth-order valence-corrected chi connectivity index (χ4v) is 2.05. The first-order valence-corrected chi connectivity index (χ1v) is 6.64. The van der Waals surface area contributed by atoms with Crippen LogP contribution in [0, 0.1) is 37.3 Å². The topological polar surface area (TPSA) is 165 Å². The summed E-state index contributed by atoms with van der Waals surface area (Å²) in [6, 6.07) is 5.51. The van der Waals surface area contributed by atoms with Crippen molar-refractivity contribution in [2.75, 3.05) is 0 Å². The molecule has 128 valence electrons. The second-order valence-corrected chi connectivity index (χ2v) is 4.83. The maximum Gasteiger partial charge on any atom is 0.276 e. The smallest absolute Gasteiger partial charge is 0.276 e. The van der Waals surface area contributed by atoms with Gasteiger partial charge in [0.05, 0.1) is 32.1 Å². The van der Waals surface area contributed by atoms with E-state index in [1.165, 1.54) is 25.1 Å². The molecule has 2 aromatic carbocycles. The van der Waals surface area contributed by atoms with Gasteiger partial charge in [-0.3, -0.25) is 35.3 Å². The summed E-state index contributed by atoms with van der Waals surface area (Å²) in [5.74, 6) is -1.04. The zero-order valence-corrected chi connectivity index (χ0v) is 12.6. The van der Waals surface area contributed by atoms with E-state index in [9.17, 15) is 35.4 Å². The van der Waals surface area contributed by atoms with Crippen LogP contribution in [0.2, 0.25) is 0 Å². The minimum absolute atomic E-state index is 0.155. The molecule has 0 aliphatic carbocycles. The average Bonchev–Trinajstić information content (AvgIpc) is 2.54. The van der Waals surface area contributed by atoms with Gasteiger partial charge in [-0.05, 0) is 24.3 Å². The van der Waals surface area contributed by atoms with Crippen LogP contribution in [0.4, 0.5) is 22.7 Å². The van der Waals surface area contributed by atoms with E-state index in [0.29, 0.717) is 6.07 Å². The van der Waals surface area contributed by atoms with Crippen LogP contribution in [-0.4, -0.2) is 21.0 Å². The van der Waals surface area contributed by atoms with Crippen molar-refractivity contribution in [2.45, 2.75) is 6.92 Å². The summed E-state index contributed by atoms with van der Waals surface area (Å²) in [5, 5.41) is 44.6. The summed E-state index contributed by atoms with van der Waals surface area (Å²) in [6.45, 7) is 1.44. The standard InChI is InChI=1S/C14H10N4O7/c1-8-11(3-2-4-12(8)17(22)23)15-7-9-5-10(16(20)21)6-13(14(9)19)18(24)25/h2-7,19H,1H3/p-1. The molecule has 2 aromatic rings. The van der Waals surface area contributed by atoms with Crippen molar-refractivity contribution in [1.29, 1.82) is 0 Å². The number of benzene rings is 2. The Morgan fingerprint density at radius 3 is 2.16 bits per heavy atom. The van der Waals surface area contributed by atoms with Crippen molar-refractivity contribution in [3.05, 3.63) is 71.8 Å². The lowest BCUT2D eigenvalue weighted by molar-refractivity contribution is -0.403. The third kappa shape index (κ3) is 3.55. The summed E-state index contributed by atoms with van der Waals surface area (Å²) < 4.78 is 0. The highest BCUT2D eigenvalue weighted by molar-refractivity contribution is 5.88. The maximum atomic E-state index is 12.0. The van der Waals surface area contributed by atoms with Gasteiger partial charge in [0, 0.05) is 18.3 Å². The van der Waals surface area contributed by atoms with Crippen molar-refractivity contribution in [3.8, 4) is 5.75 Å². The number of non-ortho nitro benzene ring substituents is 1. The zero-order valence-electron chi connectivity index (χ0n) is 12.6. The van der Waals surface area contributed by atoms with Gasteiger partial charge in [-0.25, -0.2) is 0 Å². The highest BCUT2D eigenvalue weighted by atomic mass is 16.6. The first-order valence-electron chi connectivity index (χ1n) is 6.64. The lowest BCUT2D eigenvalue weighted by Crippen LogP contribution is -2.03. The Labute approximate surface area is 139 Å². The minimum atomic E-state index is -1.04. The van der Waals surface area contributed by atoms with Crippen molar-refractivity contribution >= 4 is 29.0 Å². The van der Waals surface area contributed by atoms with E-state index >= 15 is 0 Å². The largest absolute Gasteiger partial charge is 0.867 e. The molecule has 0 saturated carbocycles. The monoisotopic (exact) mass is 345 g/mol. The third-order valence-electron chi connectivity index (χ3n) is 3.31. The quantitative estimate of drug-likeness (QED) is 0.456. The Kier molecular flexibility index (Phi) is 4.68. The Balaban J connectivity index is 2.55. The second-order valence-electron chi connectivity index (χ2n) is 4.83. The van der Waals surface area contributed by atoms with Crippen molar-refractivity contribution in [1.82, 2.24) is 0 Å². The molecular weight excluding hydrogens is 336 g/mol. The molecule has 25 heavy (non-hydrogen) atoms. The molecule has 0 spiro atoms. The number of nitro benzene ring substituents is 3. The number of hydrogen-bond donors (Lipinski definition) is 0. The molecule has 0 saturated heterocycles. The molecule has 0 aliphatic heterocycles. The molecule has 0 unspecified atom stereocenters. The molecule has 0 aliphatic rings. The summed E-state index contributed by atoms with van der Waals surface area (Å²) in [6.07, 6.45) is 0.911. The van der Waals surface area contributed by atoms with E-state index in [4.69, 9.17) is 0 Å². The van der Waals surface area contributed by atoms with Gasteiger partial charge in [0.1, 0.15) is 0 Å². The lowest BCUT2D eigenvalue weighted by atomic mass is 10.1. The summed E-state index contributed by atoms with van der Waals surface area (Å²) in [4.78, 5) is 34.0. The van der Waals surface area contributed by atoms with Crippen LogP contribution in [-0.2, 0) is 0 Å². The predicted molar refractivity (Wildman–Crippen MR) is 84.3 cm³/mol. The summed E-state index contributed by atoms with van der Waals surface area (Å²) in [5.41, 5.74) is -1.78. The first-order chi connectivity index (χ1) is 11.7. The number of rotatable bonds is 5. The normalized spacial score (nSPS) is 10.8. The highest BCUT2D eigenvalue weighted by Crippen LogP contribution is 2.32. The first kappa shape index (κ1) is 17.5. The van der Waals surface area contributed by atoms with Crippen LogP contribution in [0.15, 0.2) is 35.3 Å². The van der Waals surface area contributed by atoms with Gasteiger partial charge in [-0.15, -0.1) is 0 Å². The Bertz CT molecular complexity index is 924. The fraction of sp³-hybridized carbons (Fsp3) is 0.0714. The highest BCUT2D eigenvalue weighted by Gasteiger charge is 2.18. The van der Waals surface area contributed by atoms with Gasteiger partial charge in [0.25, 0.3) is 17.1 Å². The molecule has 0 fully saturated rings. The van der Waals surface area contributed by atoms with Gasteiger partial charge >= 0.3 is 0 Å². The molecule has 11 nitrogen and oxygen atoms in total. The predicted octanol–water partition coefficient (Wildman–Crippen LogP) is 2.54. The number of hydrogen-bond acceptors (Lipinski definition) is 8. The maximum absolute atomic E-state index is 12.0. The van der Waals surface area contributed by atoms with Crippen LogP contribution < -0.4 is 5.11 Å². The molecular formula is C14H9N4O7-. The van der Waals surface area contributed by atoms with Crippen molar-refractivity contribution in [3.63, 3.8) is 0 Å².